The summed E-state index contributed by atoms with van der Waals surface area (Å²) >= 11 is 3.53. The van der Waals surface area contributed by atoms with Gasteiger partial charge in [-0.15, -0.1) is 0 Å². The number of fused-ring (bicyclic) bond motifs is 1. The maximum Gasteiger partial charge on any atom is 0.344 e. The van der Waals surface area contributed by atoms with Gasteiger partial charge in [-0.05, 0) is 50.8 Å². The molecule has 0 spiro atoms. The minimum atomic E-state index is -0.393. The third kappa shape index (κ3) is 3.15. The van der Waals surface area contributed by atoms with Crippen LogP contribution in [0.1, 0.15) is 22.8 Å². The van der Waals surface area contributed by atoms with Gasteiger partial charge >= 0.3 is 5.97 Å². The quantitative estimate of drug-likeness (QED) is 0.446. The van der Waals surface area contributed by atoms with E-state index in [0.29, 0.717) is 17.1 Å². The summed E-state index contributed by atoms with van der Waals surface area (Å²) in [5.41, 5.74) is 1.46. The second-order valence-electron chi connectivity index (χ2n) is 5.36. The van der Waals surface area contributed by atoms with Gasteiger partial charge in [-0.25, -0.2) is 4.79 Å². The lowest BCUT2D eigenvalue weighted by molar-refractivity contribution is 0.0732. The van der Waals surface area contributed by atoms with Gasteiger partial charge in [-0.2, -0.15) is 0 Å². The number of hydrogen-bond donors (Lipinski definition) is 0. The van der Waals surface area contributed by atoms with Gasteiger partial charge in [-0.1, -0.05) is 43.3 Å². The van der Waals surface area contributed by atoms with Gasteiger partial charge in [0.25, 0.3) is 0 Å². The van der Waals surface area contributed by atoms with E-state index in [1.165, 1.54) is 0 Å². The Kier molecular flexibility index (Phi) is 4.86. The molecule has 0 heterocycles. The van der Waals surface area contributed by atoms with E-state index < -0.39 is 5.97 Å². The first-order valence-corrected chi connectivity index (χ1v) is 8.49. The molecule has 0 atom stereocenters. The summed E-state index contributed by atoms with van der Waals surface area (Å²) in [4.78, 5) is 12.7. The second kappa shape index (κ2) is 7.05. The van der Waals surface area contributed by atoms with Gasteiger partial charge < -0.3 is 9.47 Å². The first-order chi connectivity index (χ1) is 11.6. The van der Waals surface area contributed by atoms with E-state index in [4.69, 9.17) is 9.47 Å². The van der Waals surface area contributed by atoms with Gasteiger partial charge in [0, 0.05) is 10.5 Å². The van der Waals surface area contributed by atoms with Crippen LogP contribution in [0.2, 0.25) is 0 Å². The largest absolute Gasteiger partial charge is 0.497 e. The Bertz CT molecular complexity index is 903. The van der Waals surface area contributed by atoms with Crippen molar-refractivity contribution in [2.45, 2.75) is 13.3 Å². The van der Waals surface area contributed by atoms with Crippen LogP contribution in [0.25, 0.3) is 10.8 Å². The number of hydrogen-bond acceptors (Lipinski definition) is 3. The minimum absolute atomic E-state index is 0.393. The molecule has 0 amide bonds. The molecule has 3 aromatic rings. The number of halogens is 1. The van der Waals surface area contributed by atoms with Gasteiger partial charge in [0.1, 0.15) is 11.5 Å². The van der Waals surface area contributed by atoms with Gasteiger partial charge in [-0.3, -0.25) is 0 Å². The fraction of sp³-hybridized carbons (Fsp3) is 0.150. The van der Waals surface area contributed by atoms with Crippen molar-refractivity contribution in [1.29, 1.82) is 0 Å². The Hall–Kier alpha value is -2.33. The third-order valence-electron chi connectivity index (χ3n) is 3.94. The molecule has 4 heteroatoms. The summed E-state index contributed by atoms with van der Waals surface area (Å²) in [6.07, 6.45) is 0.769. The first-order valence-electron chi connectivity index (χ1n) is 7.70. The highest BCUT2D eigenvalue weighted by Crippen LogP contribution is 2.30. The Morgan fingerprint density at radius 3 is 2.62 bits per heavy atom. The smallest absolute Gasteiger partial charge is 0.344 e. The normalized spacial score (nSPS) is 10.6. The van der Waals surface area contributed by atoms with Crippen molar-refractivity contribution >= 4 is 32.7 Å². The molecule has 0 saturated heterocycles. The molecule has 3 nitrogen and oxygen atoms in total. The molecule has 122 valence electrons. The zero-order valence-corrected chi connectivity index (χ0v) is 15.1. The zero-order valence-electron chi connectivity index (χ0n) is 13.5. The van der Waals surface area contributed by atoms with E-state index >= 15 is 0 Å². The van der Waals surface area contributed by atoms with Crippen molar-refractivity contribution in [3.05, 3.63) is 70.2 Å². The van der Waals surface area contributed by atoms with Gasteiger partial charge in [0.15, 0.2) is 0 Å². The van der Waals surface area contributed by atoms with E-state index in [-0.39, 0.29) is 0 Å². The molecular weight excluding hydrogens is 368 g/mol. The molecule has 0 unspecified atom stereocenters. The number of carbonyl (C=O) groups excluding carboxylic acids is 1. The molecule has 0 saturated carbocycles. The maximum absolute atomic E-state index is 12.7. The van der Waals surface area contributed by atoms with Crippen molar-refractivity contribution in [2.24, 2.45) is 0 Å². The molecule has 0 aliphatic carbocycles. The molecular formula is C20H17BrO3. The molecule has 24 heavy (non-hydrogen) atoms. The Labute approximate surface area is 149 Å². The van der Waals surface area contributed by atoms with Crippen LogP contribution in [0, 0.1) is 0 Å². The average molecular weight is 385 g/mol. The van der Waals surface area contributed by atoms with Gasteiger partial charge in [0.2, 0.25) is 0 Å². The molecule has 0 aliphatic rings. The van der Waals surface area contributed by atoms with Crippen LogP contribution in [0.4, 0.5) is 0 Å². The van der Waals surface area contributed by atoms with Gasteiger partial charge in [0.05, 0.1) is 12.7 Å². The predicted molar refractivity (Wildman–Crippen MR) is 99.0 cm³/mol. The van der Waals surface area contributed by atoms with Crippen molar-refractivity contribution < 1.29 is 14.3 Å². The monoisotopic (exact) mass is 384 g/mol. The Morgan fingerprint density at radius 1 is 1.08 bits per heavy atom. The van der Waals surface area contributed by atoms with E-state index in [1.807, 2.05) is 49.4 Å². The minimum Gasteiger partial charge on any atom is -0.497 e. The number of esters is 1. The number of methoxy groups -OCH3 is 1. The van der Waals surface area contributed by atoms with E-state index in [9.17, 15) is 4.79 Å². The zero-order chi connectivity index (χ0) is 17.1. The van der Waals surface area contributed by atoms with Crippen LogP contribution in [-0.2, 0) is 6.42 Å². The lowest BCUT2D eigenvalue weighted by Gasteiger charge is -2.12. The van der Waals surface area contributed by atoms with Crippen LogP contribution in [-0.4, -0.2) is 13.1 Å². The highest BCUT2D eigenvalue weighted by molar-refractivity contribution is 9.10. The van der Waals surface area contributed by atoms with Crippen molar-refractivity contribution in [3.8, 4) is 11.5 Å². The molecule has 0 radical (unpaired) electrons. The van der Waals surface area contributed by atoms with Crippen LogP contribution in [0.5, 0.6) is 11.5 Å². The van der Waals surface area contributed by atoms with Crippen LogP contribution >= 0.6 is 15.9 Å². The topological polar surface area (TPSA) is 35.5 Å². The van der Waals surface area contributed by atoms with Crippen molar-refractivity contribution in [2.75, 3.05) is 7.11 Å². The molecule has 0 bridgehead atoms. The molecule has 0 aromatic heterocycles. The average Bonchev–Trinajstić information content (AvgIpc) is 2.62. The fourth-order valence-corrected chi connectivity index (χ4v) is 3.25. The van der Waals surface area contributed by atoms with E-state index in [0.717, 1.165) is 27.2 Å². The van der Waals surface area contributed by atoms with Crippen LogP contribution < -0.4 is 9.47 Å². The standard InChI is InChI=1S/C20H17BrO3/c1-3-13-8-10-15(23-2)12-18(13)24-20(22)17-11-9-14-6-4-5-7-16(14)19(17)21/h4-12H,3H2,1-2H3. The highest BCUT2D eigenvalue weighted by atomic mass is 79.9. The number of ether oxygens (including phenoxy) is 2. The summed E-state index contributed by atoms with van der Waals surface area (Å²) in [6, 6.07) is 17.1. The van der Waals surface area contributed by atoms with Crippen molar-refractivity contribution in [3.63, 3.8) is 0 Å². The molecule has 3 aromatic carbocycles. The summed E-state index contributed by atoms with van der Waals surface area (Å²) in [6.45, 7) is 2.02. The molecule has 0 fully saturated rings. The molecule has 0 N–H and O–H groups in total. The maximum atomic E-state index is 12.7. The Morgan fingerprint density at radius 2 is 1.88 bits per heavy atom. The molecule has 3 rings (SSSR count). The first kappa shape index (κ1) is 16.5. The van der Waals surface area contributed by atoms with E-state index in [2.05, 4.69) is 15.9 Å². The number of carbonyl (C=O) groups is 1. The fourth-order valence-electron chi connectivity index (χ4n) is 2.60. The predicted octanol–water partition coefficient (Wildman–Crippen LogP) is 5.39. The SMILES string of the molecule is CCc1ccc(OC)cc1OC(=O)c1ccc2ccccc2c1Br. The lowest BCUT2D eigenvalue weighted by Crippen LogP contribution is -2.11. The Balaban J connectivity index is 1.97. The van der Waals surface area contributed by atoms with Crippen LogP contribution in [0.15, 0.2) is 59.1 Å². The molecule has 0 aliphatic heterocycles. The third-order valence-corrected chi connectivity index (χ3v) is 4.80. The van der Waals surface area contributed by atoms with Crippen molar-refractivity contribution in [1.82, 2.24) is 0 Å². The second-order valence-corrected chi connectivity index (χ2v) is 6.16. The summed E-state index contributed by atoms with van der Waals surface area (Å²) < 4.78 is 11.6. The highest BCUT2D eigenvalue weighted by Gasteiger charge is 2.16. The number of aryl methyl sites for hydroxylation is 1. The number of benzene rings is 3. The van der Waals surface area contributed by atoms with E-state index in [1.54, 1.807) is 19.2 Å². The lowest BCUT2D eigenvalue weighted by atomic mass is 10.1. The van der Waals surface area contributed by atoms with Crippen LogP contribution in [0.3, 0.4) is 0 Å². The summed E-state index contributed by atoms with van der Waals surface area (Å²) in [5.74, 6) is 0.796. The summed E-state index contributed by atoms with van der Waals surface area (Å²) in [5, 5.41) is 2.05. The number of rotatable bonds is 4. The summed E-state index contributed by atoms with van der Waals surface area (Å²) in [7, 11) is 1.59.